The van der Waals surface area contributed by atoms with E-state index in [2.05, 4.69) is 11.6 Å². The summed E-state index contributed by atoms with van der Waals surface area (Å²) < 4.78 is 13.3. The quantitative estimate of drug-likeness (QED) is 0.732. The van der Waals surface area contributed by atoms with Crippen LogP contribution in [0, 0.1) is 5.82 Å². The van der Waals surface area contributed by atoms with Gasteiger partial charge in [0.15, 0.2) is 5.82 Å². The highest BCUT2D eigenvalue weighted by atomic mass is 19.1. The zero-order valence-electron chi connectivity index (χ0n) is 9.53. The summed E-state index contributed by atoms with van der Waals surface area (Å²) >= 11 is 0. The van der Waals surface area contributed by atoms with Crippen LogP contribution in [0.4, 0.5) is 4.39 Å². The second kappa shape index (κ2) is 5.39. The van der Waals surface area contributed by atoms with E-state index in [1.54, 1.807) is 4.90 Å². The van der Waals surface area contributed by atoms with Gasteiger partial charge in [0.05, 0.1) is 11.8 Å². The average Bonchev–Trinajstić information content (AvgIpc) is 2.25. The van der Waals surface area contributed by atoms with Crippen molar-refractivity contribution < 1.29 is 9.18 Å². The number of hydrogen-bond donors (Lipinski definition) is 0. The molecule has 4 heteroatoms. The predicted molar refractivity (Wildman–Crippen MR) is 60.6 cm³/mol. The van der Waals surface area contributed by atoms with Gasteiger partial charge in [0.25, 0.3) is 5.91 Å². The van der Waals surface area contributed by atoms with Crippen molar-refractivity contribution in [2.45, 2.75) is 13.8 Å². The third kappa shape index (κ3) is 2.89. The van der Waals surface area contributed by atoms with Crippen LogP contribution in [-0.4, -0.2) is 28.9 Å². The van der Waals surface area contributed by atoms with Crippen LogP contribution < -0.4 is 0 Å². The van der Waals surface area contributed by atoms with Gasteiger partial charge in [0.2, 0.25) is 0 Å². The molecule has 1 rings (SSSR count). The highest BCUT2D eigenvalue weighted by Crippen LogP contribution is 2.09. The molecule has 0 spiro atoms. The lowest BCUT2D eigenvalue weighted by Gasteiger charge is -2.21. The Morgan fingerprint density at radius 2 is 2.31 bits per heavy atom. The van der Waals surface area contributed by atoms with Gasteiger partial charge < -0.3 is 4.90 Å². The molecular formula is C12H15FN2O. The van der Waals surface area contributed by atoms with Gasteiger partial charge in [-0.05, 0) is 19.9 Å². The van der Waals surface area contributed by atoms with Crippen LogP contribution in [0.15, 0.2) is 30.6 Å². The molecular weight excluding hydrogens is 207 g/mol. The maximum absolute atomic E-state index is 13.3. The molecule has 1 aromatic heterocycles. The zero-order valence-corrected chi connectivity index (χ0v) is 9.53. The number of nitrogens with zero attached hydrogens (tertiary/aromatic N) is 2. The zero-order chi connectivity index (χ0) is 12.1. The first kappa shape index (κ1) is 12.4. The molecule has 0 fully saturated rings. The van der Waals surface area contributed by atoms with E-state index in [1.807, 2.05) is 13.8 Å². The Morgan fingerprint density at radius 3 is 2.81 bits per heavy atom. The molecule has 0 aromatic carbocycles. The van der Waals surface area contributed by atoms with E-state index in [4.69, 9.17) is 0 Å². The first-order chi connectivity index (χ1) is 7.56. The molecule has 1 heterocycles. The topological polar surface area (TPSA) is 33.2 Å². The standard InChI is InChI=1S/C12H15FN2O/c1-4-15(8-9(2)3)12(16)10-5-6-14-7-11(10)13/h5-7H,2,4,8H2,1,3H3. The third-order valence-electron chi connectivity index (χ3n) is 2.13. The number of aromatic nitrogens is 1. The van der Waals surface area contributed by atoms with Crippen LogP contribution in [0.3, 0.4) is 0 Å². The monoisotopic (exact) mass is 222 g/mol. The van der Waals surface area contributed by atoms with E-state index in [-0.39, 0.29) is 11.5 Å². The second-order valence-electron chi connectivity index (χ2n) is 3.63. The van der Waals surface area contributed by atoms with Gasteiger partial charge in [-0.25, -0.2) is 4.39 Å². The molecule has 0 radical (unpaired) electrons. The average molecular weight is 222 g/mol. The summed E-state index contributed by atoms with van der Waals surface area (Å²) in [6.07, 6.45) is 2.45. The fraction of sp³-hybridized carbons (Fsp3) is 0.333. The third-order valence-corrected chi connectivity index (χ3v) is 2.13. The molecule has 0 saturated carbocycles. The summed E-state index contributed by atoms with van der Waals surface area (Å²) in [4.78, 5) is 17.1. The summed E-state index contributed by atoms with van der Waals surface area (Å²) in [5.41, 5.74) is 0.919. The van der Waals surface area contributed by atoms with Crippen molar-refractivity contribution >= 4 is 5.91 Å². The Balaban J connectivity index is 2.91. The lowest BCUT2D eigenvalue weighted by Crippen LogP contribution is -2.32. The van der Waals surface area contributed by atoms with Crippen molar-refractivity contribution in [2.24, 2.45) is 0 Å². The van der Waals surface area contributed by atoms with Gasteiger partial charge in [0.1, 0.15) is 0 Å². The molecule has 0 aliphatic heterocycles. The van der Waals surface area contributed by atoms with Gasteiger partial charge in [-0.15, -0.1) is 0 Å². The lowest BCUT2D eigenvalue weighted by molar-refractivity contribution is 0.0773. The van der Waals surface area contributed by atoms with Gasteiger partial charge in [-0.3, -0.25) is 9.78 Å². The molecule has 0 N–H and O–H groups in total. The number of amides is 1. The number of hydrogen-bond acceptors (Lipinski definition) is 2. The summed E-state index contributed by atoms with van der Waals surface area (Å²) in [7, 11) is 0. The fourth-order valence-corrected chi connectivity index (χ4v) is 1.37. The fourth-order valence-electron chi connectivity index (χ4n) is 1.37. The molecule has 16 heavy (non-hydrogen) atoms. The molecule has 0 saturated heterocycles. The normalized spacial score (nSPS) is 9.94. The minimum Gasteiger partial charge on any atom is -0.335 e. The summed E-state index contributed by atoms with van der Waals surface area (Å²) in [5, 5.41) is 0. The van der Waals surface area contributed by atoms with E-state index >= 15 is 0 Å². The molecule has 0 atom stereocenters. The number of rotatable bonds is 4. The maximum atomic E-state index is 13.3. The number of halogens is 1. The molecule has 0 aliphatic carbocycles. The van der Waals surface area contributed by atoms with Gasteiger partial charge in [-0.2, -0.15) is 0 Å². The molecule has 1 amide bonds. The van der Waals surface area contributed by atoms with Gasteiger partial charge in [0, 0.05) is 19.3 Å². The van der Waals surface area contributed by atoms with Crippen molar-refractivity contribution in [3.05, 3.63) is 42.0 Å². The van der Waals surface area contributed by atoms with Crippen LogP contribution >= 0.6 is 0 Å². The Kier molecular flexibility index (Phi) is 4.17. The summed E-state index contributed by atoms with van der Waals surface area (Å²) in [6, 6.07) is 1.39. The molecule has 1 aromatic rings. The highest BCUT2D eigenvalue weighted by molar-refractivity contribution is 5.94. The minimum absolute atomic E-state index is 0.0538. The Bertz CT molecular complexity index is 404. The van der Waals surface area contributed by atoms with Crippen molar-refractivity contribution in [3.63, 3.8) is 0 Å². The molecule has 0 aliphatic rings. The van der Waals surface area contributed by atoms with Crippen molar-refractivity contribution in [2.75, 3.05) is 13.1 Å². The lowest BCUT2D eigenvalue weighted by atomic mass is 10.2. The molecule has 0 unspecified atom stereocenters. The van der Waals surface area contributed by atoms with Crippen LogP contribution in [0.5, 0.6) is 0 Å². The Labute approximate surface area is 94.6 Å². The van der Waals surface area contributed by atoms with Crippen LogP contribution in [0.1, 0.15) is 24.2 Å². The summed E-state index contributed by atoms with van der Waals surface area (Å²) in [6.45, 7) is 8.38. The minimum atomic E-state index is -0.590. The van der Waals surface area contributed by atoms with E-state index in [0.29, 0.717) is 13.1 Å². The molecule has 0 bridgehead atoms. The largest absolute Gasteiger partial charge is 0.335 e. The molecule has 86 valence electrons. The van der Waals surface area contributed by atoms with Crippen LogP contribution in [0.2, 0.25) is 0 Å². The van der Waals surface area contributed by atoms with E-state index in [9.17, 15) is 9.18 Å². The van der Waals surface area contributed by atoms with E-state index < -0.39 is 5.82 Å². The first-order valence-corrected chi connectivity index (χ1v) is 5.09. The Hall–Kier alpha value is -1.71. The number of pyridine rings is 1. The SMILES string of the molecule is C=C(C)CN(CC)C(=O)c1ccncc1F. The van der Waals surface area contributed by atoms with E-state index in [0.717, 1.165) is 11.8 Å². The smallest absolute Gasteiger partial charge is 0.257 e. The number of likely N-dealkylation sites (N-methyl/N-ethyl adjacent to an activating group) is 1. The molecule has 3 nitrogen and oxygen atoms in total. The maximum Gasteiger partial charge on any atom is 0.257 e. The van der Waals surface area contributed by atoms with Crippen molar-refractivity contribution in [1.82, 2.24) is 9.88 Å². The van der Waals surface area contributed by atoms with Crippen LogP contribution in [-0.2, 0) is 0 Å². The van der Waals surface area contributed by atoms with Crippen molar-refractivity contribution in [1.29, 1.82) is 0 Å². The summed E-state index contributed by atoms with van der Waals surface area (Å²) in [5.74, 6) is -0.918. The highest BCUT2D eigenvalue weighted by Gasteiger charge is 2.17. The number of carbonyl (C=O) groups excluding carboxylic acids is 1. The first-order valence-electron chi connectivity index (χ1n) is 5.09. The number of carbonyl (C=O) groups is 1. The van der Waals surface area contributed by atoms with Crippen LogP contribution in [0.25, 0.3) is 0 Å². The van der Waals surface area contributed by atoms with E-state index in [1.165, 1.54) is 12.3 Å². The van der Waals surface area contributed by atoms with Gasteiger partial charge >= 0.3 is 0 Å². The Morgan fingerprint density at radius 1 is 1.62 bits per heavy atom. The predicted octanol–water partition coefficient (Wildman–Crippen LogP) is 2.26. The van der Waals surface area contributed by atoms with Crippen molar-refractivity contribution in [3.8, 4) is 0 Å². The van der Waals surface area contributed by atoms with Gasteiger partial charge in [-0.1, -0.05) is 12.2 Å². The second-order valence-corrected chi connectivity index (χ2v) is 3.63.